The Labute approximate surface area is 84.9 Å². The van der Waals surface area contributed by atoms with Gasteiger partial charge in [-0.1, -0.05) is 12.1 Å². The van der Waals surface area contributed by atoms with Crippen molar-refractivity contribution in [2.24, 2.45) is 0 Å². The predicted octanol–water partition coefficient (Wildman–Crippen LogP) is 2.89. The first-order valence-electron chi connectivity index (χ1n) is 3.70. The van der Waals surface area contributed by atoms with Crippen molar-refractivity contribution < 1.29 is 0 Å². The summed E-state index contributed by atoms with van der Waals surface area (Å²) in [5.41, 5.74) is 3.31. The number of rotatable bonds is 0. The molecule has 1 aliphatic carbocycles. The first kappa shape index (κ1) is 7.81. The Morgan fingerprint density at radius 1 is 1.42 bits per heavy atom. The van der Waals surface area contributed by atoms with Gasteiger partial charge in [-0.25, -0.2) is 0 Å². The van der Waals surface area contributed by atoms with Crippen molar-refractivity contribution in [1.29, 1.82) is 5.26 Å². The summed E-state index contributed by atoms with van der Waals surface area (Å²) in [5.74, 6) is 0. The number of hydrogen-bond donors (Lipinski definition) is 0. The maximum Gasteiger partial charge on any atom is 0.0991 e. The molecule has 0 heterocycles. The van der Waals surface area contributed by atoms with Crippen LogP contribution in [0.25, 0.3) is 3.58 Å². The van der Waals surface area contributed by atoms with Crippen LogP contribution in [0.4, 0.5) is 0 Å². The second-order valence-corrected chi connectivity index (χ2v) is 3.90. The van der Waals surface area contributed by atoms with Crippen molar-refractivity contribution in [3.8, 4) is 6.07 Å². The fourth-order valence-corrected chi connectivity index (χ4v) is 2.08. The van der Waals surface area contributed by atoms with E-state index in [-0.39, 0.29) is 0 Å². The fourth-order valence-electron chi connectivity index (χ4n) is 1.36. The van der Waals surface area contributed by atoms with Crippen LogP contribution in [0, 0.1) is 11.3 Å². The summed E-state index contributed by atoms with van der Waals surface area (Å²) in [6, 6.07) is 8.02. The van der Waals surface area contributed by atoms with Crippen molar-refractivity contribution in [2.45, 2.75) is 6.42 Å². The van der Waals surface area contributed by atoms with E-state index >= 15 is 0 Å². The molecule has 1 aromatic rings. The molecule has 12 heavy (non-hydrogen) atoms. The van der Waals surface area contributed by atoms with Crippen LogP contribution in [0.5, 0.6) is 0 Å². The van der Waals surface area contributed by atoms with Crippen molar-refractivity contribution in [1.82, 2.24) is 0 Å². The molecule has 0 bridgehead atoms. The standard InChI is InChI=1S/C10H6IN/c11-10-4-3-8-2-1-7(6-12)5-9(8)10/h1-2,4-5H,3H2. The third-order valence-corrected chi connectivity index (χ3v) is 3.02. The van der Waals surface area contributed by atoms with E-state index in [0.717, 1.165) is 12.0 Å². The summed E-state index contributed by atoms with van der Waals surface area (Å²) < 4.78 is 1.26. The molecule has 0 unspecified atom stereocenters. The predicted molar refractivity (Wildman–Crippen MR) is 56.9 cm³/mol. The van der Waals surface area contributed by atoms with E-state index in [4.69, 9.17) is 5.26 Å². The Bertz CT molecular complexity index is 399. The molecule has 0 amide bonds. The molecule has 1 nitrogen and oxygen atoms in total. The summed E-state index contributed by atoms with van der Waals surface area (Å²) >= 11 is 2.31. The molecule has 1 aromatic carbocycles. The highest BCUT2D eigenvalue weighted by Crippen LogP contribution is 2.32. The molecule has 0 spiro atoms. The van der Waals surface area contributed by atoms with Gasteiger partial charge < -0.3 is 0 Å². The second-order valence-electron chi connectivity index (χ2n) is 2.74. The summed E-state index contributed by atoms with van der Waals surface area (Å²) in [6.45, 7) is 0. The Kier molecular flexibility index (Phi) is 1.89. The van der Waals surface area contributed by atoms with Crippen molar-refractivity contribution in [2.75, 3.05) is 0 Å². The lowest BCUT2D eigenvalue weighted by atomic mass is 10.1. The zero-order valence-corrected chi connectivity index (χ0v) is 8.50. The zero-order chi connectivity index (χ0) is 8.55. The minimum Gasteiger partial charge on any atom is -0.192 e. The molecular weight excluding hydrogens is 261 g/mol. The van der Waals surface area contributed by atoms with Gasteiger partial charge in [0.05, 0.1) is 11.6 Å². The summed E-state index contributed by atoms with van der Waals surface area (Å²) in [4.78, 5) is 0. The smallest absolute Gasteiger partial charge is 0.0991 e. The van der Waals surface area contributed by atoms with Gasteiger partial charge in [0.15, 0.2) is 0 Å². The van der Waals surface area contributed by atoms with Crippen LogP contribution in [0.3, 0.4) is 0 Å². The number of nitriles is 1. The Morgan fingerprint density at radius 2 is 2.25 bits per heavy atom. The lowest BCUT2D eigenvalue weighted by Gasteiger charge is -1.99. The quantitative estimate of drug-likeness (QED) is 0.663. The first-order chi connectivity index (χ1) is 5.81. The molecule has 0 aromatic heterocycles. The largest absolute Gasteiger partial charge is 0.192 e. The number of halogens is 1. The van der Waals surface area contributed by atoms with E-state index in [2.05, 4.69) is 34.7 Å². The van der Waals surface area contributed by atoms with Gasteiger partial charge >= 0.3 is 0 Å². The molecule has 0 saturated heterocycles. The van der Waals surface area contributed by atoms with Gasteiger partial charge in [0.2, 0.25) is 0 Å². The van der Waals surface area contributed by atoms with E-state index in [9.17, 15) is 0 Å². The van der Waals surface area contributed by atoms with Crippen LogP contribution < -0.4 is 0 Å². The van der Waals surface area contributed by atoms with Gasteiger partial charge in [0, 0.05) is 3.58 Å². The molecular formula is C10H6IN. The van der Waals surface area contributed by atoms with Crippen LogP contribution in [0.1, 0.15) is 16.7 Å². The third-order valence-electron chi connectivity index (χ3n) is 2.00. The number of fused-ring (bicyclic) bond motifs is 1. The maximum absolute atomic E-state index is 8.68. The van der Waals surface area contributed by atoms with Gasteiger partial charge in [0.1, 0.15) is 0 Å². The summed E-state index contributed by atoms with van der Waals surface area (Å²) in [6.07, 6.45) is 3.20. The number of benzene rings is 1. The molecule has 2 heteroatoms. The number of hydrogen-bond acceptors (Lipinski definition) is 1. The molecule has 0 fully saturated rings. The highest BCUT2D eigenvalue weighted by molar-refractivity contribution is 14.1. The van der Waals surface area contributed by atoms with E-state index in [0.29, 0.717) is 0 Å². The van der Waals surface area contributed by atoms with Crippen LogP contribution in [-0.4, -0.2) is 0 Å². The van der Waals surface area contributed by atoms with E-state index in [1.165, 1.54) is 14.7 Å². The summed E-state index contributed by atoms with van der Waals surface area (Å²) in [7, 11) is 0. The molecule has 0 aliphatic heterocycles. The van der Waals surface area contributed by atoms with Gasteiger partial charge in [-0.3, -0.25) is 0 Å². The lowest BCUT2D eigenvalue weighted by Crippen LogP contribution is -1.83. The Hall–Kier alpha value is -0.820. The fraction of sp³-hybridized carbons (Fsp3) is 0.100. The minimum absolute atomic E-state index is 0.748. The van der Waals surface area contributed by atoms with E-state index < -0.39 is 0 Å². The highest BCUT2D eigenvalue weighted by Gasteiger charge is 2.11. The monoisotopic (exact) mass is 267 g/mol. The number of allylic oxidation sites excluding steroid dienone is 1. The average Bonchev–Trinajstić information content (AvgIpc) is 2.47. The molecule has 0 N–H and O–H groups in total. The minimum atomic E-state index is 0.748. The maximum atomic E-state index is 8.68. The van der Waals surface area contributed by atoms with Crippen LogP contribution in [-0.2, 0) is 6.42 Å². The molecule has 58 valence electrons. The van der Waals surface area contributed by atoms with Gasteiger partial charge in [-0.15, -0.1) is 0 Å². The third kappa shape index (κ3) is 1.14. The Balaban J connectivity index is 2.59. The normalized spacial score (nSPS) is 13.5. The van der Waals surface area contributed by atoms with Crippen molar-refractivity contribution in [3.05, 3.63) is 41.0 Å². The van der Waals surface area contributed by atoms with E-state index in [1.54, 1.807) is 0 Å². The van der Waals surface area contributed by atoms with Gasteiger partial charge in [0.25, 0.3) is 0 Å². The topological polar surface area (TPSA) is 23.8 Å². The Morgan fingerprint density at radius 3 is 3.00 bits per heavy atom. The van der Waals surface area contributed by atoms with Crippen LogP contribution in [0.2, 0.25) is 0 Å². The van der Waals surface area contributed by atoms with E-state index in [1.807, 2.05) is 18.2 Å². The van der Waals surface area contributed by atoms with Crippen LogP contribution in [0.15, 0.2) is 24.3 Å². The van der Waals surface area contributed by atoms with Crippen molar-refractivity contribution in [3.63, 3.8) is 0 Å². The van der Waals surface area contributed by atoms with Gasteiger partial charge in [-0.05, 0) is 52.3 Å². The lowest BCUT2D eigenvalue weighted by molar-refractivity contribution is 1.30. The van der Waals surface area contributed by atoms with Crippen LogP contribution >= 0.6 is 22.6 Å². The molecule has 0 atom stereocenters. The molecule has 0 saturated carbocycles. The second kappa shape index (κ2) is 2.91. The first-order valence-corrected chi connectivity index (χ1v) is 4.78. The molecule has 0 radical (unpaired) electrons. The summed E-state index contributed by atoms with van der Waals surface area (Å²) in [5, 5.41) is 8.68. The number of nitrogens with zero attached hydrogens (tertiary/aromatic N) is 1. The highest BCUT2D eigenvalue weighted by atomic mass is 127. The SMILES string of the molecule is N#Cc1ccc2c(c1)C(I)=CC2. The molecule has 1 aliphatic rings. The molecule has 2 rings (SSSR count). The average molecular weight is 267 g/mol. The zero-order valence-electron chi connectivity index (χ0n) is 6.34. The van der Waals surface area contributed by atoms with Gasteiger partial charge in [-0.2, -0.15) is 5.26 Å². The van der Waals surface area contributed by atoms with Crippen molar-refractivity contribution >= 4 is 26.2 Å².